The number of benzene rings is 1. The SMILES string of the molecule is COC(=O)C1CC(c2ccc(CF)cc2)=NNC1=O. The molecule has 1 atom stereocenters. The van der Waals surface area contributed by atoms with E-state index >= 15 is 0 Å². The Morgan fingerprint density at radius 3 is 2.74 bits per heavy atom. The summed E-state index contributed by atoms with van der Waals surface area (Å²) < 4.78 is 17.0. The van der Waals surface area contributed by atoms with Crippen molar-refractivity contribution in [1.82, 2.24) is 5.43 Å². The van der Waals surface area contributed by atoms with Crippen LogP contribution in [-0.4, -0.2) is 24.7 Å². The first-order chi connectivity index (χ1) is 9.15. The zero-order chi connectivity index (χ0) is 13.8. The van der Waals surface area contributed by atoms with Gasteiger partial charge in [0.15, 0.2) is 0 Å². The Morgan fingerprint density at radius 2 is 2.16 bits per heavy atom. The number of nitrogens with one attached hydrogen (secondary N) is 1. The predicted octanol–water partition coefficient (Wildman–Crippen LogP) is 1.17. The van der Waals surface area contributed by atoms with E-state index < -0.39 is 24.5 Å². The van der Waals surface area contributed by atoms with Crippen LogP contribution in [0.4, 0.5) is 4.39 Å². The largest absolute Gasteiger partial charge is 0.468 e. The molecule has 1 aliphatic rings. The van der Waals surface area contributed by atoms with Crippen molar-refractivity contribution in [1.29, 1.82) is 0 Å². The van der Waals surface area contributed by atoms with Gasteiger partial charge in [-0.15, -0.1) is 0 Å². The number of esters is 1. The molecule has 19 heavy (non-hydrogen) atoms. The molecule has 1 unspecified atom stereocenters. The van der Waals surface area contributed by atoms with Crippen LogP contribution in [0.2, 0.25) is 0 Å². The van der Waals surface area contributed by atoms with Crippen molar-refractivity contribution in [2.75, 3.05) is 7.11 Å². The van der Waals surface area contributed by atoms with Crippen LogP contribution in [0.25, 0.3) is 0 Å². The maximum absolute atomic E-state index is 12.4. The summed E-state index contributed by atoms with van der Waals surface area (Å²) >= 11 is 0. The highest BCUT2D eigenvalue weighted by molar-refractivity contribution is 6.10. The zero-order valence-corrected chi connectivity index (χ0v) is 10.4. The van der Waals surface area contributed by atoms with Crippen molar-refractivity contribution in [2.45, 2.75) is 13.1 Å². The molecule has 1 heterocycles. The minimum absolute atomic E-state index is 0.174. The van der Waals surface area contributed by atoms with Crippen LogP contribution in [0.1, 0.15) is 17.5 Å². The lowest BCUT2D eigenvalue weighted by Crippen LogP contribution is -2.39. The molecular weight excluding hydrogens is 251 g/mol. The maximum atomic E-state index is 12.4. The second-order valence-corrected chi connectivity index (χ2v) is 4.14. The second kappa shape index (κ2) is 5.60. The molecule has 1 aromatic rings. The van der Waals surface area contributed by atoms with Gasteiger partial charge in [-0.3, -0.25) is 9.59 Å². The monoisotopic (exact) mass is 264 g/mol. The molecular formula is C13H13FN2O3. The number of alkyl halides is 1. The van der Waals surface area contributed by atoms with Crippen LogP contribution < -0.4 is 5.43 Å². The van der Waals surface area contributed by atoms with Gasteiger partial charge in [-0.25, -0.2) is 9.82 Å². The molecule has 0 saturated heterocycles. The lowest BCUT2D eigenvalue weighted by molar-refractivity contribution is -0.150. The Labute approximate surface area is 109 Å². The highest BCUT2D eigenvalue weighted by atomic mass is 19.1. The number of amides is 1. The van der Waals surface area contributed by atoms with Crippen molar-refractivity contribution in [3.8, 4) is 0 Å². The number of rotatable bonds is 3. The first-order valence-electron chi connectivity index (χ1n) is 5.75. The van der Waals surface area contributed by atoms with Crippen LogP contribution >= 0.6 is 0 Å². The fourth-order valence-electron chi connectivity index (χ4n) is 1.83. The number of carbonyl (C=O) groups is 2. The summed E-state index contributed by atoms with van der Waals surface area (Å²) in [6, 6.07) is 6.70. The Balaban J connectivity index is 2.20. The summed E-state index contributed by atoms with van der Waals surface area (Å²) in [5.74, 6) is -1.96. The Hall–Kier alpha value is -2.24. The van der Waals surface area contributed by atoms with E-state index in [1.807, 2.05) is 0 Å². The highest BCUT2D eigenvalue weighted by Gasteiger charge is 2.32. The predicted molar refractivity (Wildman–Crippen MR) is 66.1 cm³/mol. The van der Waals surface area contributed by atoms with Gasteiger partial charge in [0.2, 0.25) is 0 Å². The molecule has 0 bridgehead atoms. The number of halogens is 1. The molecule has 0 radical (unpaired) electrons. The van der Waals surface area contributed by atoms with Crippen molar-refractivity contribution in [3.05, 3.63) is 35.4 Å². The topological polar surface area (TPSA) is 67.8 Å². The summed E-state index contributed by atoms with van der Waals surface area (Å²) in [6.45, 7) is -0.533. The van der Waals surface area contributed by atoms with E-state index in [0.717, 1.165) is 5.56 Å². The van der Waals surface area contributed by atoms with Crippen LogP contribution in [0.5, 0.6) is 0 Å². The molecule has 1 amide bonds. The molecule has 0 fully saturated rings. The molecule has 1 aromatic carbocycles. The first kappa shape index (κ1) is 13.2. The van der Waals surface area contributed by atoms with Crippen LogP contribution in [0.3, 0.4) is 0 Å². The standard InChI is InChI=1S/C13H13FN2O3/c1-19-13(18)10-6-11(15-16-12(10)17)9-4-2-8(7-14)3-5-9/h2-5,10H,6-7H2,1H3,(H,16,17). The normalized spacial score (nSPS) is 18.5. The summed E-state index contributed by atoms with van der Waals surface area (Å²) in [5.41, 5.74) is 4.17. The Morgan fingerprint density at radius 1 is 1.47 bits per heavy atom. The van der Waals surface area contributed by atoms with Gasteiger partial charge in [0.1, 0.15) is 12.6 Å². The van der Waals surface area contributed by atoms with Gasteiger partial charge >= 0.3 is 5.97 Å². The minimum atomic E-state index is -0.890. The third kappa shape index (κ3) is 2.78. The van der Waals surface area contributed by atoms with E-state index in [1.165, 1.54) is 7.11 Å². The summed E-state index contributed by atoms with van der Waals surface area (Å²) in [6.07, 6.45) is 0.174. The molecule has 6 heteroatoms. The van der Waals surface area contributed by atoms with Gasteiger partial charge in [0.05, 0.1) is 12.8 Å². The zero-order valence-electron chi connectivity index (χ0n) is 10.4. The van der Waals surface area contributed by atoms with Gasteiger partial charge < -0.3 is 4.74 Å². The number of nitrogens with zero attached hydrogens (tertiary/aromatic N) is 1. The summed E-state index contributed by atoms with van der Waals surface area (Å²) in [7, 11) is 1.23. The molecule has 2 rings (SSSR count). The van der Waals surface area contributed by atoms with Crippen LogP contribution in [0, 0.1) is 5.92 Å². The smallest absolute Gasteiger partial charge is 0.318 e. The Bertz CT molecular complexity index is 525. The van der Waals surface area contributed by atoms with Crippen molar-refractivity contribution >= 4 is 17.6 Å². The molecule has 0 saturated carbocycles. The number of methoxy groups -OCH3 is 1. The molecule has 0 spiro atoms. The first-order valence-corrected chi connectivity index (χ1v) is 5.75. The lowest BCUT2D eigenvalue weighted by atomic mass is 9.95. The van der Waals surface area contributed by atoms with Crippen LogP contribution in [0.15, 0.2) is 29.4 Å². The average Bonchev–Trinajstić information content (AvgIpc) is 2.47. The number of hydrogen-bond donors (Lipinski definition) is 1. The van der Waals surface area contributed by atoms with Crippen molar-refractivity contribution < 1.29 is 18.7 Å². The highest BCUT2D eigenvalue weighted by Crippen LogP contribution is 2.17. The number of ether oxygens (including phenoxy) is 1. The minimum Gasteiger partial charge on any atom is -0.468 e. The fraction of sp³-hybridized carbons (Fsp3) is 0.308. The van der Waals surface area contributed by atoms with E-state index in [0.29, 0.717) is 11.3 Å². The third-order valence-electron chi connectivity index (χ3n) is 2.94. The van der Waals surface area contributed by atoms with E-state index in [1.54, 1.807) is 24.3 Å². The number of carbonyl (C=O) groups excluding carboxylic acids is 2. The second-order valence-electron chi connectivity index (χ2n) is 4.14. The molecule has 0 aromatic heterocycles. The van der Waals surface area contributed by atoms with Gasteiger partial charge in [-0.1, -0.05) is 24.3 Å². The number of hydrogen-bond acceptors (Lipinski definition) is 4. The van der Waals surface area contributed by atoms with E-state index in [2.05, 4.69) is 15.3 Å². The van der Waals surface area contributed by atoms with E-state index in [9.17, 15) is 14.0 Å². The van der Waals surface area contributed by atoms with Crippen LogP contribution in [-0.2, 0) is 21.0 Å². The van der Waals surface area contributed by atoms with Crippen molar-refractivity contribution in [3.63, 3.8) is 0 Å². The summed E-state index contributed by atoms with van der Waals surface area (Å²) in [4.78, 5) is 23.0. The quantitative estimate of drug-likeness (QED) is 0.658. The molecule has 1 N–H and O–H groups in total. The summed E-state index contributed by atoms with van der Waals surface area (Å²) in [5, 5.41) is 3.92. The van der Waals surface area contributed by atoms with E-state index in [4.69, 9.17) is 0 Å². The van der Waals surface area contributed by atoms with Gasteiger partial charge in [0, 0.05) is 6.42 Å². The van der Waals surface area contributed by atoms with Crippen molar-refractivity contribution in [2.24, 2.45) is 11.0 Å². The Kier molecular flexibility index (Phi) is 3.89. The maximum Gasteiger partial charge on any atom is 0.318 e. The molecule has 1 aliphatic heterocycles. The van der Waals surface area contributed by atoms with Gasteiger partial charge in [0.25, 0.3) is 5.91 Å². The molecule has 0 aliphatic carbocycles. The average molecular weight is 264 g/mol. The third-order valence-corrected chi connectivity index (χ3v) is 2.94. The van der Waals surface area contributed by atoms with Gasteiger partial charge in [-0.2, -0.15) is 5.10 Å². The molecule has 5 nitrogen and oxygen atoms in total. The number of hydrazone groups is 1. The molecule has 100 valence electrons. The van der Waals surface area contributed by atoms with E-state index in [-0.39, 0.29) is 6.42 Å². The fourth-order valence-corrected chi connectivity index (χ4v) is 1.83. The lowest BCUT2D eigenvalue weighted by Gasteiger charge is -2.19. The van der Waals surface area contributed by atoms with Gasteiger partial charge in [-0.05, 0) is 11.1 Å².